The minimum atomic E-state index is -0.548. The smallest absolute Gasteiger partial charge is 0.329 e. The number of nitrogens with one attached hydrogen (secondary N) is 1. The fourth-order valence-electron chi connectivity index (χ4n) is 1.66. The molecule has 2 rings (SSSR count). The topological polar surface area (TPSA) is 81.0 Å². The van der Waals surface area contributed by atoms with Crippen LogP contribution in [-0.2, 0) is 6.42 Å². The van der Waals surface area contributed by atoms with Crippen LogP contribution >= 0.6 is 11.6 Å². The molecule has 0 aliphatic carbocycles. The highest BCUT2D eigenvalue weighted by Crippen LogP contribution is 2.27. The molecule has 0 aliphatic rings. The van der Waals surface area contributed by atoms with E-state index in [9.17, 15) is 10.1 Å². The average Bonchev–Trinajstić information content (AvgIpc) is 2.39. The van der Waals surface area contributed by atoms with Crippen molar-refractivity contribution in [1.29, 1.82) is 0 Å². The molecule has 0 amide bonds. The Labute approximate surface area is 114 Å². The summed E-state index contributed by atoms with van der Waals surface area (Å²) in [6.07, 6.45) is 1.89. The number of hydrogen-bond donors (Lipinski definition) is 1. The summed E-state index contributed by atoms with van der Waals surface area (Å²) in [6.45, 7) is 2.00. The summed E-state index contributed by atoms with van der Waals surface area (Å²) < 4.78 is 0. The quantitative estimate of drug-likeness (QED) is 0.527. The number of anilines is 2. The highest BCUT2D eigenvalue weighted by atomic mass is 35.5. The van der Waals surface area contributed by atoms with Crippen molar-refractivity contribution >= 4 is 28.8 Å². The summed E-state index contributed by atoms with van der Waals surface area (Å²) in [5, 5.41) is 13.8. The number of para-hydroxylation sites is 1. The van der Waals surface area contributed by atoms with Crippen molar-refractivity contribution in [2.45, 2.75) is 13.3 Å². The molecule has 19 heavy (non-hydrogen) atoms. The van der Waals surface area contributed by atoms with Crippen LogP contribution in [0, 0.1) is 10.1 Å². The number of nitro groups is 1. The van der Waals surface area contributed by atoms with Crippen molar-refractivity contribution in [3.63, 3.8) is 0 Å². The molecular weight excluding hydrogens is 268 g/mol. The first-order chi connectivity index (χ1) is 9.11. The molecule has 7 heteroatoms. The van der Waals surface area contributed by atoms with Gasteiger partial charge in [0.1, 0.15) is 6.20 Å². The normalized spacial score (nSPS) is 10.2. The van der Waals surface area contributed by atoms with E-state index >= 15 is 0 Å². The Hall–Kier alpha value is -2.21. The van der Waals surface area contributed by atoms with Crippen molar-refractivity contribution in [2.24, 2.45) is 0 Å². The monoisotopic (exact) mass is 278 g/mol. The molecule has 6 nitrogen and oxygen atoms in total. The number of halogens is 1. The fourth-order valence-corrected chi connectivity index (χ4v) is 1.79. The number of aryl methyl sites for hydroxylation is 1. The summed E-state index contributed by atoms with van der Waals surface area (Å²) in [4.78, 5) is 17.9. The molecule has 0 atom stereocenters. The van der Waals surface area contributed by atoms with E-state index in [0.717, 1.165) is 23.9 Å². The van der Waals surface area contributed by atoms with Crippen LogP contribution in [0.1, 0.15) is 12.5 Å². The second-order valence-electron chi connectivity index (χ2n) is 3.77. The first kappa shape index (κ1) is 13.2. The van der Waals surface area contributed by atoms with E-state index in [-0.39, 0.29) is 16.8 Å². The predicted octanol–water partition coefficient (Wildman–Crippen LogP) is 3.34. The lowest BCUT2D eigenvalue weighted by molar-refractivity contribution is -0.384. The summed E-state index contributed by atoms with van der Waals surface area (Å²) >= 11 is 5.68. The van der Waals surface area contributed by atoms with Crippen molar-refractivity contribution in [3.8, 4) is 0 Å². The zero-order valence-corrected chi connectivity index (χ0v) is 10.9. The Balaban J connectivity index is 2.42. The van der Waals surface area contributed by atoms with Crippen molar-refractivity contribution in [2.75, 3.05) is 5.32 Å². The van der Waals surface area contributed by atoms with Gasteiger partial charge in [-0.2, -0.15) is 4.98 Å². The molecular formula is C12H11ClN4O2. The summed E-state index contributed by atoms with van der Waals surface area (Å²) in [7, 11) is 0. The van der Waals surface area contributed by atoms with E-state index in [2.05, 4.69) is 15.3 Å². The molecule has 1 heterocycles. The van der Waals surface area contributed by atoms with Gasteiger partial charge >= 0.3 is 5.69 Å². The summed E-state index contributed by atoms with van der Waals surface area (Å²) in [5.74, 6) is 0.0888. The predicted molar refractivity (Wildman–Crippen MR) is 72.8 cm³/mol. The van der Waals surface area contributed by atoms with Gasteiger partial charge < -0.3 is 5.32 Å². The standard InChI is InChI=1S/C12H11ClN4O2/c1-2-8-5-3-4-6-9(8)15-11-10(17(18)19)7-14-12(13)16-11/h3-7H,2H2,1H3,(H,14,15,16). The third-order valence-electron chi connectivity index (χ3n) is 2.59. The fraction of sp³-hybridized carbons (Fsp3) is 0.167. The molecule has 0 bridgehead atoms. The van der Waals surface area contributed by atoms with Crippen LogP contribution in [0.4, 0.5) is 17.2 Å². The van der Waals surface area contributed by atoms with Crippen LogP contribution in [0.3, 0.4) is 0 Å². The van der Waals surface area contributed by atoms with Crippen LogP contribution in [0.2, 0.25) is 5.28 Å². The van der Waals surface area contributed by atoms with Gasteiger partial charge in [-0.15, -0.1) is 0 Å². The lowest BCUT2D eigenvalue weighted by Gasteiger charge is -2.10. The summed E-state index contributed by atoms with van der Waals surface area (Å²) in [5.41, 5.74) is 1.59. The minimum Gasteiger partial charge on any atom is -0.334 e. The van der Waals surface area contributed by atoms with Gasteiger partial charge in [-0.25, -0.2) is 4.98 Å². The molecule has 0 unspecified atom stereocenters. The van der Waals surface area contributed by atoms with Crippen molar-refractivity contribution in [1.82, 2.24) is 9.97 Å². The highest BCUT2D eigenvalue weighted by molar-refractivity contribution is 6.28. The van der Waals surface area contributed by atoms with Crippen LogP contribution in [0.5, 0.6) is 0 Å². The lowest BCUT2D eigenvalue weighted by atomic mass is 10.1. The second-order valence-corrected chi connectivity index (χ2v) is 4.10. The zero-order chi connectivity index (χ0) is 13.8. The van der Waals surface area contributed by atoms with Crippen molar-refractivity contribution in [3.05, 3.63) is 51.4 Å². The van der Waals surface area contributed by atoms with Gasteiger partial charge in [-0.05, 0) is 29.7 Å². The molecule has 0 saturated heterocycles. The van der Waals surface area contributed by atoms with E-state index in [0.29, 0.717) is 0 Å². The zero-order valence-electron chi connectivity index (χ0n) is 10.1. The molecule has 0 aliphatic heterocycles. The number of hydrogen-bond acceptors (Lipinski definition) is 5. The van der Waals surface area contributed by atoms with Gasteiger partial charge in [0.05, 0.1) is 4.92 Å². The van der Waals surface area contributed by atoms with Crippen molar-refractivity contribution < 1.29 is 4.92 Å². The minimum absolute atomic E-state index is 0.0397. The van der Waals surface area contributed by atoms with Gasteiger partial charge in [-0.3, -0.25) is 10.1 Å². The lowest BCUT2D eigenvalue weighted by Crippen LogP contribution is -2.02. The molecule has 2 aromatic rings. The largest absolute Gasteiger partial charge is 0.334 e. The molecule has 1 aromatic carbocycles. The van der Waals surface area contributed by atoms with Crippen LogP contribution in [0.25, 0.3) is 0 Å². The Kier molecular flexibility index (Phi) is 3.91. The van der Waals surface area contributed by atoms with Crippen LogP contribution in [0.15, 0.2) is 30.5 Å². The Morgan fingerprint density at radius 3 is 2.84 bits per heavy atom. The average molecular weight is 279 g/mol. The molecule has 1 aromatic heterocycles. The van der Waals surface area contributed by atoms with E-state index in [1.165, 1.54) is 0 Å². The molecule has 0 spiro atoms. The number of aromatic nitrogens is 2. The first-order valence-corrected chi connectivity index (χ1v) is 6.01. The number of benzene rings is 1. The SMILES string of the molecule is CCc1ccccc1Nc1nc(Cl)ncc1[N+](=O)[O-]. The molecule has 98 valence electrons. The Morgan fingerprint density at radius 1 is 1.42 bits per heavy atom. The molecule has 0 fully saturated rings. The van der Waals surface area contributed by atoms with E-state index in [1.807, 2.05) is 31.2 Å². The maximum absolute atomic E-state index is 10.9. The summed E-state index contributed by atoms with van der Waals surface area (Å²) in [6, 6.07) is 7.52. The second kappa shape index (κ2) is 5.62. The number of rotatable bonds is 4. The van der Waals surface area contributed by atoms with Gasteiger partial charge in [0.25, 0.3) is 0 Å². The molecule has 0 radical (unpaired) electrons. The van der Waals surface area contributed by atoms with E-state index in [1.54, 1.807) is 0 Å². The molecule has 0 saturated carbocycles. The van der Waals surface area contributed by atoms with Gasteiger partial charge in [0.2, 0.25) is 11.1 Å². The van der Waals surface area contributed by atoms with E-state index < -0.39 is 4.92 Å². The van der Waals surface area contributed by atoms with E-state index in [4.69, 9.17) is 11.6 Å². The Morgan fingerprint density at radius 2 is 2.16 bits per heavy atom. The first-order valence-electron chi connectivity index (χ1n) is 5.63. The maximum atomic E-state index is 10.9. The highest BCUT2D eigenvalue weighted by Gasteiger charge is 2.17. The van der Waals surface area contributed by atoms with Crippen LogP contribution < -0.4 is 5.32 Å². The third kappa shape index (κ3) is 2.97. The maximum Gasteiger partial charge on any atom is 0.329 e. The van der Waals surface area contributed by atoms with Gasteiger partial charge in [-0.1, -0.05) is 25.1 Å². The van der Waals surface area contributed by atoms with Gasteiger partial charge in [0.15, 0.2) is 0 Å². The van der Waals surface area contributed by atoms with Crippen LogP contribution in [-0.4, -0.2) is 14.9 Å². The Bertz CT molecular complexity index is 618. The third-order valence-corrected chi connectivity index (χ3v) is 2.77. The molecule has 1 N–H and O–H groups in total. The van der Waals surface area contributed by atoms with Gasteiger partial charge in [0, 0.05) is 5.69 Å². The number of nitrogens with zero attached hydrogens (tertiary/aromatic N) is 3.